The van der Waals surface area contributed by atoms with Crippen LogP contribution in [0.2, 0.25) is 0 Å². The third-order valence-corrected chi connectivity index (χ3v) is 2.97. The Balaban J connectivity index is 2.31. The van der Waals surface area contributed by atoms with E-state index in [1.165, 1.54) is 12.1 Å². The van der Waals surface area contributed by atoms with Crippen molar-refractivity contribution in [2.24, 2.45) is 5.73 Å². The zero-order valence-electron chi connectivity index (χ0n) is 11.2. The summed E-state index contributed by atoms with van der Waals surface area (Å²) in [7, 11) is 0. The minimum absolute atomic E-state index is 0.156. The summed E-state index contributed by atoms with van der Waals surface area (Å²) >= 11 is 0. The molecule has 2 aromatic rings. The average Bonchev–Trinajstić information content (AvgIpc) is 2.50. The van der Waals surface area contributed by atoms with E-state index in [9.17, 15) is 9.18 Å². The molecular weight excluding hydrogens is 257 g/mol. The highest BCUT2D eigenvalue weighted by Crippen LogP contribution is 2.17. The van der Waals surface area contributed by atoms with Crippen molar-refractivity contribution in [2.75, 3.05) is 11.4 Å². The van der Waals surface area contributed by atoms with Gasteiger partial charge in [0.05, 0.1) is 5.69 Å². The van der Waals surface area contributed by atoms with Gasteiger partial charge < -0.3 is 10.6 Å². The van der Waals surface area contributed by atoms with E-state index in [0.29, 0.717) is 23.5 Å². The fourth-order valence-electron chi connectivity index (χ4n) is 1.94. The predicted molar refractivity (Wildman–Crippen MR) is 75.9 cm³/mol. The molecule has 0 bridgehead atoms. The predicted octanol–water partition coefficient (Wildman–Crippen LogP) is 2.35. The lowest BCUT2D eigenvalue weighted by Gasteiger charge is -2.21. The second-order valence-corrected chi connectivity index (χ2v) is 4.27. The number of pyridine rings is 1. The second kappa shape index (κ2) is 6.25. The van der Waals surface area contributed by atoms with Crippen LogP contribution in [-0.2, 0) is 6.54 Å². The van der Waals surface area contributed by atoms with Crippen molar-refractivity contribution < 1.29 is 9.18 Å². The van der Waals surface area contributed by atoms with E-state index in [2.05, 4.69) is 4.98 Å². The lowest BCUT2D eigenvalue weighted by atomic mass is 10.2. The molecule has 1 aromatic heterocycles. The van der Waals surface area contributed by atoms with Gasteiger partial charge in [0.1, 0.15) is 5.82 Å². The average molecular weight is 273 g/mol. The summed E-state index contributed by atoms with van der Waals surface area (Å²) in [5, 5.41) is 0. The van der Waals surface area contributed by atoms with Crippen LogP contribution in [-0.4, -0.2) is 17.4 Å². The molecule has 0 aliphatic heterocycles. The molecule has 1 amide bonds. The fraction of sp³-hybridized carbons (Fsp3) is 0.200. The molecule has 0 aliphatic carbocycles. The van der Waals surface area contributed by atoms with Crippen molar-refractivity contribution in [2.45, 2.75) is 13.5 Å². The van der Waals surface area contributed by atoms with Gasteiger partial charge >= 0.3 is 0 Å². The quantitative estimate of drug-likeness (QED) is 0.930. The minimum atomic E-state index is -0.327. The Hall–Kier alpha value is -2.27. The van der Waals surface area contributed by atoms with Crippen molar-refractivity contribution in [3.8, 4) is 0 Å². The number of carbonyl (C=O) groups is 1. The Bertz CT molecular complexity index is 598. The Labute approximate surface area is 117 Å². The topological polar surface area (TPSA) is 59.2 Å². The van der Waals surface area contributed by atoms with E-state index in [-0.39, 0.29) is 18.3 Å². The van der Waals surface area contributed by atoms with Crippen LogP contribution in [0, 0.1) is 5.82 Å². The van der Waals surface area contributed by atoms with Crippen LogP contribution < -0.4 is 10.6 Å². The molecule has 1 aromatic carbocycles. The van der Waals surface area contributed by atoms with Gasteiger partial charge in [-0.25, -0.2) is 4.39 Å². The number of benzene rings is 1. The van der Waals surface area contributed by atoms with Crippen LogP contribution in [0.3, 0.4) is 0 Å². The molecule has 1 heterocycles. The van der Waals surface area contributed by atoms with Crippen LogP contribution in [0.5, 0.6) is 0 Å². The van der Waals surface area contributed by atoms with Gasteiger partial charge in [0, 0.05) is 30.5 Å². The van der Waals surface area contributed by atoms with Gasteiger partial charge in [0.2, 0.25) is 0 Å². The summed E-state index contributed by atoms with van der Waals surface area (Å²) < 4.78 is 13.0. The Morgan fingerprint density at radius 1 is 1.30 bits per heavy atom. The van der Waals surface area contributed by atoms with Gasteiger partial charge in [-0.2, -0.15) is 0 Å². The first-order chi connectivity index (χ1) is 9.65. The van der Waals surface area contributed by atoms with Crippen LogP contribution in [0.4, 0.5) is 10.1 Å². The van der Waals surface area contributed by atoms with Gasteiger partial charge in [0.25, 0.3) is 5.91 Å². The van der Waals surface area contributed by atoms with Crippen LogP contribution in [0.15, 0.2) is 42.6 Å². The van der Waals surface area contributed by atoms with Gasteiger partial charge in [0.15, 0.2) is 0 Å². The van der Waals surface area contributed by atoms with E-state index >= 15 is 0 Å². The highest BCUT2D eigenvalue weighted by atomic mass is 19.1. The first-order valence-corrected chi connectivity index (χ1v) is 6.38. The van der Waals surface area contributed by atoms with Crippen molar-refractivity contribution >= 4 is 11.6 Å². The lowest BCUT2D eigenvalue weighted by molar-refractivity contribution is 0.0988. The third kappa shape index (κ3) is 3.00. The maximum atomic E-state index is 13.0. The van der Waals surface area contributed by atoms with Crippen molar-refractivity contribution in [3.05, 3.63) is 59.7 Å². The molecule has 2 N–H and O–H groups in total. The van der Waals surface area contributed by atoms with Gasteiger partial charge in [-0.15, -0.1) is 0 Å². The number of carbonyl (C=O) groups excluding carboxylic acids is 1. The first-order valence-electron chi connectivity index (χ1n) is 6.38. The molecule has 104 valence electrons. The molecule has 0 saturated heterocycles. The fourth-order valence-corrected chi connectivity index (χ4v) is 1.94. The number of nitrogens with zero attached hydrogens (tertiary/aromatic N) is 2. The van der Waals surface area contributed by atoms with E-state index in [1.807, 2.05) is 6.92 Å². The number of aromatic nitrogens is 1. The Morgan fingerprint density at radius 2 is 2.00 bits per heavy atom. The number of halogens is 1. The molecule has 0 saturated carbocycles. The van der Waals surface area contributed by atoms with Crippen molar-refractivity contribution in [1.82, 2.24) is 4.98 Å². The maximum absolute atomic E-state index is 13.0. The summed E-state index contributed by atoms with van der Waals surface area (Å²) in [6.45, 7) is 2.64. The van der Waals surface area contributed by atoms with Gasteiger partial charge in [-0.1, -0.05) is 0 Å². The van der Waals surface area contributed by atoms with Gasteiger partial charge in [-0.05, 0) is 43.3 Å². The van der Waals surface area contributed by atoms with Gasteiger partial charge in [-0.3, -0.25) is 9.78 Å². The molecule has 0 atom stereocenters. The SMILES string of the molecule is CCN(C(=O)c1ccnc(CN)c1)c1ccc(F)cc1. The molecule has 0 aliphatic rings. The summed E-state index contributed by atoms with van der Waals surface area (Å²) in [6.07, 6.45) is 1.56. The summed E-state index contributed by atoms with van der Waals surface area (Å²) in [5.41, 5.74) is 7.36. The standard InChI is InChI=1S/C15H16FN3O/c1-2-19(14-5-3-12(16)4-6-14)15(20)11-7-8-18-13(9-11)10-17/h3-9H,2,10,17H2,1H3. The zero-order valence-corrected chi connectivity index (χ0v) is 11.2. The van der Waals surface area contributed by atoms with Crippen LogP contribution in [0.25, 0.3) is 0 Å². The monoisotopic (exact) mass is 273 g/mol. The largest absolute Gasteiger partial charge is 0.325 e. The molecular formula is C15H16FN3O. The molecule has 0 fully saturated rings. The summed E-state index contributed by atoms with van der Waals surface area (Å²) in [6, 6.07) is 9.16. The number of amides is 1. The molecule has 20 heavy (non-hydrogen) atoms. The highest BCUT2D eigenvalue weighted by Gasteiger charge is 2.16. The van der Waals surface area contributed by atoms with E-state index in [0.717, 1.165) is 0 Å². The molecule has 0 radical (unpaired) electrons. The maximum Gasteiger partial charge on any atom is 0.258 e. The Kier molecular flexibility index (Phi) is 4.42. The van der Waals surface area contributed by atoms with Crippen molar-refractivity contribution in [3.63, 3.8) is 0 Å². The van der Waals surface area contributed by atoms with E-state index in [1.54, 1.807) is 35.4 Å². The lowest BCUT2D eigenvalue weighted by Crippen LogP contribution is -2.30. The van der Waals surface area contributed by atoms with Crippen LogP contribution in [0.1, 0.15) is 23.0 Å². The highest BCUT2D eigenvalue weighted by molar-refractivity contribution is 6.06. The molecule has 4 nitrogen and oxygen atoms in total. The first kappa shape index (κ1) is 14.1. The smallest absolute Gasteiger partial charge is 0.258 e. The summed E-state index contributed by atoms with van der Waals surface area (Å²) in [4.78, 5) is 18.1. The molecule has 5 heteroatoms. The summed E-state index contributed by atoms with van der Waals surface area (Å²) in [5.74, 6) is -0.484. The van der Waals surface area contributed by atoms with E-state index in [4.69, 9.17) is 5.73 Å². The molecule has 2 rings (SSSR count). The second-order valence-electron chi connectivity index (χ2n) is 4.27. The normalized spacial score (nSPS) is 10.3. The zero-order chi connectivity index (χ0) is 14.5. The number of nitrogens with two attached hydrogens (primary N) is 1. The Morgan fingerprint density at radius 3 is 2.60 bits per heavy atom. The minimum Gasteiger partial charge on any atom is -0.325 e. The number of rotatable bonds is 4. The molecule has 0 unspecified atom stereocenters. The third-order valence-electron chi connectivity index (χ3n) is 2.97. The van der Waals surface area contributed by atoms with Crippen molar-refractivity contribution in [1.29, 1.82) is 0 Å². The molecule has 0 spiro atoms. The number of hydrogen-bond acceptors (Lipinski definition) is 3. The van der Waals surface area contributed by atoms with E-state index < -0.39 is 0 Å². The number of anilines is 1. The van der Waals surface area contributed by atoms with Crippen LogP contribution >= 0.6 is 0 Å². The number of hydrogen-bond donors (Lipinski definition) is 1.